The van der Waals surface area contributed by atoms with Crippen molar-refractivity contribution >= 4 is 28.9 Å². The number of hydrogen-bond acceptors (Lipinski definition) is 7. The maximum Gasteiger partial charge on any atom is 0.227 e. The Morgan fingerprint density at radius 1 is 1.30 bits per heavy atom. The maximum atomic E-state index is 9.95. The SMILES string of the molecule is COCCCc1ccc(Cl)cc1Nc1nccc(-c2cc(C#N)c3c(c2)[C@@](C)(CO)CN3)n1. The fourth-order valence-electron chi connectivity index (χ4n) is 4.05. The van der Waals surface area contributed by atoms with Crippen molar-refractivity contribution in [3.63, 3.8) is 0 Å². The van der Waals surface area contributed by atoms with E-state index >= 15 is 0 Å². The number of benzene rings is 2. The number of aliphatic hydroxyl groups is 1. The van der Waals surface area contributed by atoms with Crippen molar-refractivity contribution in [2.45, 2.75) is 25.2 Å². The number of halogens is 1. The number of nitrogens with zero attached hydrogens (tertiary/aromatic N) is 3. The first-order chi connectivity index (χ1) is 16.0. The molecule has 4 rings (SSSR count). The number of aromatic nitrogens is 2. The molecule has 0 saturated heterocycles. The monoisotopic (exact) mass is 463 g/mol. The van der Waals surface area contributed by atoms with Crippen LogP contribution < -0.4 is 10.6 Å². The van der Waals surface area contributed by atoms with Gasteiger partial charge < -0.3 is 20.5 Å². The van der Waals surface area contributed by atoms with Crippen molar-refractivity contribution in [3.05, 3.63) is 64.3 Å². The standard InChI is InChI=1S/C25H26ClN5O2/c1-25(15-32)14-29-23-18(13-27)10-17(11-20(23)25)21-7-8-28-24(30-21)31-22-12-19(26)6-5-16(22)4-3-9-33-2/h5-8,10-12,29,32H,3-4,9,14-15H2,1-2H3,(H,28,30,31)/t25-/m1/s1. The Morgan fingerprint density at radius 2 is 2.15 bits per heavy atom. The summed E-state index contributed by atoms with van der Waals surface area (Å²) in [6, 6.07) is 13.6. The van der Waals surface area contributed by atoms with E-state index < -0.39 is 5.41 Å². The highest BCUT2D eigenvalue weighted by Gasteiger charge is 2.35. The number of nitrogens with one attached hydrogen (secondary N) is 2. The lowest BCUT2D eigenvalue weighted by Crippen LogP contribution is -2.28. The van der Waals surface area contributed by atoms with E-state index in [4.69, 9.17) is 21.3 Å². The molecule has 1 aromatic heterocycles. The smallest absolute Gasteiger partial charge is 0.227 e. The first-order valence-electron chi connectivity index (χ1n) is 10.8. The van der Waals surface area contributed by atoms with Crippen LogP contribution in [-0.2, 0) is 16.6 Å². The zero-order valence-corrected chi connectivity index (χ0v) is 19.4. The van der Waals surface area contributed by atoms with E-state index in [1.54, 1.807) is 13.3 Å². The number of ether oxygens (including phenoxy) is 1. The van der Waals surface area contributed by atoms with E-state index in [-0.39, 0.29) is 6.61 Å². The Hall–Kier alpha value is -3.18. The van der Waals surface area contributed by atoms with E-state index in [0.717, 1.165) is 40.9 Å². The average molecular weight is 464 g/mol. The molecule has 0 unspecified atom stereocenters. The van der Waals surface area contributed by atoms with Gasteiger partial charge in [-0.15, -0.1) is 0 Å². The predicted molar refractivity (Wildman–Crippen MR) is 130 cm³/mol. The molecule has 170 valence electrons. The van der Waals surface area contributed by atoms with E-state index in [9.17, 15) is 10.4 Å². The highest BCUT2D eigenvalue weighted by atomic mass is 35.5. The molecule has 8 heteroatoms. The first-order valence-corrected chi connectivity index (χ1v) is 11.2. The zero-order chi connectivity index (χ0) is 23.4. The van der Waals surface area contributed by atoms with Crippen LogP contribution in [0.5, 0.6) is 0 Å². The Labute approximate surface area is 198 Å². The Kier molecular flexibility index (Phi) is 6.80. The largest absolute Gasteiger partial charge is 0.395 e. The number of fused-ring (bicyclic) bond motifs is 1. The van der Waals surface area contributed by atoms with Crippen molar-refractivity contribution < 1.29 is 9.84 Å². The molecule has 3 aromatic rings. The van der Waals surface area contributed by atoms with Gasteiger partial charge in [0.05, 0.1) is 23.6 Å². The maximum absolute atomic E-state index is 9.95. The molecule has 0 amide bonds. The third-order valence-electron chi connectivity index (χ3n) is 5.98. The molecule has 33 heavy (non-hydrogen) atoms. The summed E-state index contributed by atoms with van der Waals surface area (Å²) in [6.45, 7) is 3.22. The van der Waals surface area contributed by atoms with Crippen LogP contribution in [0.25, 0.3) is 11.3 Å². The third-order valence-corrected chi connectivity index (χ3v) is 6.21. The quantitative estimate of drug-likeness (QED) is 0.417. The predicted octanol–water partition coefficient (Wildman–Crippen LogP) is 4.67. The van der Waals surface area contributed by atoms with Gasteiger partial charge in [-0.05, 0) is 54.3 Å². The van der Waals surface area contributed by atoms with Crippen LogP contribution in [0, 0.1) is 11.3 Å². The van der Waals surface area contributed by atoms with E-state index in [1.807, 2.05) is 43.3 Å². The summed E-state index contributed by atoms with van der Waals surface area (Å²) >= 11 is 6.24. The Morgan fingerprint density at radius 3 is 2.91 bits per heavy atom. The number of aryl methyl sites for hydroxylation is 1. The van der Waals surface area contributed by atoms with Crippen molar-refractivity contribution in [2.24, 2.45) is 0 Å². The molecule has 0 radical (unpaired) electrons. The lowest BCUT2D eigenvalue weighted by atomic mass is 9.83. The number of aliphatic hydroxyl groups excluding tert-OH is 1. The van der Waals surface area contributed by atoms with Gasteiger partial charge in [0.1, 0.15) is 6.07 Å². The molecule has 0 aliphatic carbocycles. The molecule has 3 N–H and O–H groups in total. The van der Waals surface area contributed by atoms with E-state index in [2.05, 4.69) is 21.7 Å². The van der Waals surface area contributed by atoms with Gasteiger partial charge in [0, 0.05) is 48.1 Å². The number of hydrogen-bond donors (Lipinski definition) is 3. The number of rotatable bonds is 8. The highest BCUT2D eigenvalue weighted by molar-refractivity contribution is 6.30. The molecule has 0 fully saturated rings. The first kappa shape index (κ1) is 23.0. The molecule has 1 atom stereocenters. The number of anilines is 3. The van der Waals surface area contributed by atoms with E-state index in [1.165, 1.54) is 0 Å². The molecule has 1 aliphatic heterocycles. The van der Waals surface area contributed by atoms with Crippen molar-refractivity contribution in [3.8, 4) is 17.3 Å². The second-order valence-electron chi connectivity index (χ2n) is 8.42. The third kappa shape index (κ3) is 4.79. The normalized spacial score (nSPS) is 16.7. The molecular weight excluding hydrogens is 438 g/mol. The van der Waals surface area contributed by atoms with Crippen LogP contribution in [0.1, 0.15) is 30.0 Å². The molecule has 0 bridgehead atoms. The topological polar surface area (TPSA) is 103 Å². The summed E-state index contributed by atoms with van der Waals surface area (Å²) in [4.78, 5) is 9.08. The summed E-state index contributed by atoms with van der Waals surface area (Å²) in [5.74, 6) is 0.435. The van der Waals surface area contributed by atoms with Crippen LogP contribution in [0.2, 0.25) is 5.02 Å². The second kappa shape index (κ2) is 9.75. The van der Waals surface area contributed by atoms with Gasteiger partial charge >= 0.3 is 0 Å². The van der Waals surface area contributed by atoms with Crippen molar-refractivity contribution in [2.75, 3.05) is 37.5 Å². The molecule has 7 nitrogen and oxygen atoms in total. The molecule has 2 heterocycles. The molecule has 2 aromatic carbocycles. The summed E-state index contributed by atoms with van der Waals surface area (Å²) in [5, 5.41) is 26.8. The van der Waals surface area contributed by atoms with E-state index in [0.29, 0.717) is 35.4 Å². The summed E-state index contributed by atoms with van der Waals surface area (Å²) in [6.07, 6.45) is 3.40. The van der Waals surface area contributed by atoms with Crippen LogP contribution in [0.15, 0.2) is 42.6 Å². The Bertz CT molecular complexity index is 1210. The summed E-state index contributed by atoms with van der Waals surface area (Å²) in [7, 11) is 1.69. The molecule has 1 aliphatic rings. The minimum absolute atomic E-state index is 0.0154. The lowest BCUT2D eigenvalue weighted by Gasteiger charge is -2.21. The van der Waals surface area contributed by atoms with Gasteiger partial charge in [0.25, 0.3) is 0 Å². The average Bonchev–Trinajstić information content (AvgIpc) is 3.17. The Balaban J connectivity index is 1.67. The fraction of sp³-hybridized carbons (Fsp3) is 0.320. The van der Waals surface area contributed by atoms with Gasteiger partial charge in [-0.3, -0.25) is 0 Å². The van der Waals surface area contributed by atoms with Crippen molar-refractivity contribution in [1.82, 2.24) is 9.97 Å². The summed E-state index contributed by atoms with van der Waals surface area (Å²) < 4.78 is 5.17. The molecule has 0 spiro atoms. The lowest BCUT2D eigenvalue weighted by molar-refractivity contribution is 0.195. The van der Waals surface area contributed by atoms with Gasteiger partial charge in [-0.2, -0.15) is 5.26 Å². The van der Waals surface area contributed by atoms with Crippen LogP contribution in [0.4, 0.5) is 17.3 Å². The number of nitriles is 1. The van der Waals surface area contributed by atoms with Crippen LogP contribution >= 0.6 is 11.6 Å². The van der Waals surface area contributed by atoms with Crippen LogP contribution in [-0.4, -0.2) is 41.9 Å². The molecular formula is C25H26ClN5O2. The fourth-order valence-corrected chi connectivity index (χ4v) is 4.23. The van der Waals surface area contributed by atoms with Gasteiger partial charge in [-0.25, -0.2) is 9.97 Å². The summed E-state index contributed by atoms with van der Waals surface area (Å²) in [5.41, 5.74) is 5.20. The number of methoxy groups -OCH3 is 1. The van der Waals surface area contributed by atoms with Crippen LogP contribution in [0.3, 0.4) is 0 Å². The van der Waals surface area contributed by atoms with Gasteiger partial charge in [0.15, 0.2) is 0 Å². The minimum atomic E-state index is -0.455. The second-order valence-corrected chi connectivity index (χ2v) is 8.86. The molecule has 0 saturated carbocycles. The zero-order valence-electron chi connectivity index (χ0n) is 18.7. The van der Waals surface area contributed by atoms with Gasteiger partial charge in [-0.1, -0.05) is 24.6 Å². The van der Waals surface area contributed by atoms with Crippen molar-refractivity contribution in [1.29, 1.82) is 5.26 Å². The highest BCUT2D eigenvalue weighted by Crippen LogP contribution is 2.41. The van der Waals surface area contributed by atoms with Gasteiger partial charge in [0.2, 0.25) is 5.95 Å². The minimum Gasteiger partial charge on any atom is -0.395 e.